The van der Waals surface area contributed by atoms with E-state index in [9.17, 15) is 0 Å². The summed E-state index contributed by atoms with van der Waals surface area (Å²) in [4.78, 5) is 17.0. The van der Waals surface area contributed by atoms with Gasteiger partial charge in [0.05, 0.1) is 24.9 Å². The van der Waals surface area contributed by atoms with Crippen molar-refractivity contribution < 1.29 is 9.47 Å². The number of anilines is 3. The van der Waals surface area contributed by atoms with Crippen LogP contribution < -0.4 is 20.3 Å². The summed E-state index contributed by atoms with van der Waals surface area (Å²) >= 11 is 0. The van der Waals surface area contributed by atoms with E-state index in [1.807, 2.05) is 60.7 Å². The van der Waals surface area contributed by atoms with Gasteiger partial charge in [-0.2, -0.15) is 4.98 Å². The van der Waals surface area contributed by atoms with Crippen LogP contribution in [0.2, 0.25) is 0 Å². The highest BCUT2D eigenvalue weighted by Gasteiger charge is 2.27. The van der Waals surface area contributed by atoms with E-state index >= 15 is 0 Å². The quantitative estimate of drug-likeness (QED) is 0.371. The molecule has 2 aromatic carbocycles. The fourth-order valence-electron chi connectivity index (χ4n) is 4.89. The zero-order valence-corrected chi connectivity index (χ0v) is 21.6. The highest BCUT2D eigenvalue weighted by molar-refractivity contribution is 5.66. The Morgan fingerprint density at radius 2 is 1.87 bits per heavy atom. The molecule has 1 atom stereocenters. The minimum Gasteiger partial charge on any atom is -0.473 e. The van der Waals surface area contributed by atoms with E-state index < -0.39 is 0 Å². The van der Waals surface area contributed by atoms with E-state index in [4.69, 9.17) is 19.4 Å². The summed E-state index contributed by atoms with van der Waals surface area (Å²) in [5.74, 6) is 3.11. The van der Waals surface area contributed by atoms with Crippen LogP contribution in [0.4, 0.5) is 17.3 Å². The number of pyridine rings is 1. The van der Waals surface area contributed by atoms with E-state index in [1.165, 1.54) is 5.56 Å². The van der Waals surface area contributed by atoms with Gasteiger partial charge < -0.3 is 25.0 Å². The second-order valence-electron chi connectivity index (χ2n) is 9.68. The lowest BCUT2D eigenvalue weighted by molar-refractivity contribution is 0.0984. The van der Waals surface area contributed by atoms with E-state index in [-0.39, 0.29) is 6.04 Å². The van der Waals surface area contributed by atoms with Crippen LogP contribution in [0.3, 0.4) is 0 Å². The topological polar surface area (TPSA) is 84.4 Å². The molecular formula is C30H32N6O2. The molecule has 0 amide bonds. The lowest BCUT2D eigenvalue weighted by Gasteiger charge is -2.36. The van der Waals surface area contributed by atoms with E-state index in [0.29, 0.717) is 12.5 Å². The number of ether oxygens (including phenoxy) is 2. The van der Waals surface area contributed by atoms with Gasteiger partial charge in [0.25, 0.3) is 0 Å². The van der Waals surface area contributed by atoms with Crippen LogP contribution in [0.1, 0.15) is 23.7 Å². The van der Waals surface area contributed by atoms with Crippen molar-refractivity contribution in [3.05, 3.63) is 89.6 Å². The molecule has 1 fully saturated rings. The van der Waals surface area contributed by atoms with Crippen LogP contribution in [-0.2, 0) is 24.3 Å². The normalized spacial score (nSPS) is 17.1. The smallest absolute Gasteiger partial charge is 0.215 e. The average Bonchev–Trinajstić information content (AvgIpc) is 2.97. The standard InChI is InChI=1S/C30H32N6O2/c1-21-19-37-17-16-36(21)30-25-14-15-31-18-26(25)33-29(35-30)23-10-12-24(13-11-23)32-27-8-5-9-28(34-27)38-20-22-6-3-2-4-7-22/h2-13,21,31H,14-20H2,1H3,(H,32,34)/t21-/m0/s1. The number of nitrogens with zero attached hydrogens (tertiary/aromatic N) is 4. The van der Waals surface area contributed by atoms with Gasteiger partial charge in [0, 0.05) is 36.0 Å². The molecule has 0 aliphatic carbocycles. The molecule has 2 N–H and O–H groups in total. The Labute approximate surface area is 223 Å². The van der Waals surface area contributed by atoms with Crippen molar-refractivity contribution in [1.29, 1.82) is 0 Å². The van der Waals surface area contributed by atoms with Crippen molar-refractivity contribution in [2.24, 2.45) is 0 Å². The largest absolute Gasteiger partial charge is 0.473 e. The Morgan fingerprint density at radius 3 is 2.71 bits per heavy atom. The second-order valence-corrected chi connectivity index (χ2v) is 9.68. The molecule has 8 nitrogen and oxygen atoms in total. The molecule has 2 aromatic heterocycles. The highest BCUT2D eigenvalue weighted by atomic mass is 16.5. The molecule has 194 valence electrons. The number of benzene rings is 2. The van der Waals surface area contributed by atoms with Gasteiger partial charge in [-0.05, 0) is 55.8 Å². The zero-order chi connectivity index (χ0) is 25.7. The van der Waals surface area contributed by atoms with Gasteiger partial charge in [0.2, 0.25) is 5.88 Å². The van der Waals surface area contributed by atoms with Gasteiger partial charge in [-0.1, -0.05) is 36.4 Å². The number of hydrogen-bond donors (Lipinski definition) is 2. The molecule has 0 radical (unpaired) electrons. The second kappa shape index (κ2) is 11.2. The monoisotopic (exact) mass is 508 g/mol. The van der Waals surface area contributed by atoms with Crippen LogP contribution in [0.5, 0.6) is 5.88 Å². The fourth-order valence-corrected chi connectivity index (χ4v) is 4.89. The van der Waals surface area contributed by atoms with Gasteiger partial charge in [-0.25, -0.2) is 9.97 Å². The molecule has 0 bridgehead atoms. The maximum Gasteiger partial charge on any atom is 0.215 e. The van der Waals surface area contributed by atoms with Crippen LogP contribution in [-0.4, -0.2) is 47.3 Å². The molecule has 0 saturated carbocycles. The Bertz CT molecular complexity index is 1380. The predicted molar refractivity (Wildman–Crippen MR) is 149 cm³/mol. The van der Waals surface area contributed by atoms with Crippen molar-refractivity contribution in [3.63, 3.8) is 0 Å². The third-order valence-corrected chi connectivity index (χ3v) is 6.92. The molecule has 38 heavy (non-hydrogen) atoms. The SMILES string of the molecule is C[C@H]1COCCN1c1nc(-c2ccc(Nc3cccc(OCc4ccccc4)n3)cc2)nc2c1CCNC2. The Hall–Kier alpha value is -4.01. The minimum absolute atomic E-state index is 0.289. The molecule has 8 heteroatoms. The summed E-state index contributed by atoms with van der Waals surface area (Å²) < 4.78 is 11.6. The van der Waals surface area contributed by atoms with Crippen molar-refractivity contribution in [2.75, 3.05) is 36.5 Å². The maximum absolute atomic E-state index is 5.88. The van der Waals surface area contributed by atoms with Crippen molar-refractivity contribution in [1.82, 2.24) is 20.3 Å². The summed E-state index contributed by atoms with van der Waals surface area (Å²) in [6.45, 7) is 6.70. The predicted octanol–water partition coefficient (Wildman–Crippen LogP) is 4.73. The number of nitrogens with one attached hydrogen (secondary N) is 2. The lowest BCUT2D eigenvalue weighted by atomic mass is 10.0. The number of aromatic nitrogens is 3. The average molecular weight is 509 g/mol. The number of rotatable bonds is 7. The third kappa shape index (κ3) is 5.46. The highest BCUT2D eigenvalue weighted by Crippen LogP contribution is 2.30. The number of morpholine rings is 1. The Morgan fingerprint density at radius 1 is 1.00 bits per heavy atom. The first-order valence-corrected chi connectivity index (χ1v) is 13.2. The van der Waals surface area contributed by atoms with Crippen LogP contribution >= 0.6 is 0 Å². The summed E-state index contributed by atoms with van der Waals surface area (Å²) in [6, 6.07) is 24.3. The molecule has 0 spiro atoms. The van der Waals surface area contributed by atoms with Crippen molar-refractivity contribution in [2.45, 2.75) is 32.5 Å². The summed E-state index contributed by atoms with van der Waals surface area (Å²) in [5.41, 5.74) is 5.38. The number of hydrogen-bond acceptors (Lipinski definition) is 8. The molecule has 2 aliphatic rings. The summed E-state index contributed by atoms with van der Waals surface area (Å²) in [7, 11) is 0. The van der Waals surface area contributed by atoms with Crippen LogP contribution in [0.25, 0.3) is 11.4 Å². The first-order chi connectivity index (χ1) is 18.7. The first kappa shape index (κ1) is 24.3. The molecule has 1 saturated heterocycles. The fraction of sp³-hybridized carbons (Fsp3) is 0.300. The lowest BCUT2D eigenvalue weighted by Crippen LogP contribution is -2.45. The molecule has 4 aromatic rings. The van der Waals surface area contributed by atoms with Crippen LogP contribution in [0.15, 0.2) is 72.8 Å². The van der Waals surface area contributed by atoms with Gasteiger partial charge in [0.1, 0.15) is 18.2 Å². The van der Waals surface area contributed by atoms with E-state index in [2.05, 4.69) is 39.6 Å². The van der Waals surface area contributed by atoms with E-state index in [0.717, 1.165) is 79.2 Å². The Kier molecular flexibility index (Phi) is 7.15. The maximum atomic E-state index is 5.88. The minimum atomic E-state index is 0.289. The van der Waals surface area contributed by atoms with Gasteiger partial charge in [-0.15, -0.1) is 0 Å². The van der Waals surface area contributed by atoms with Gasteiger partial charge in [0.15, 0.2) is 5.82 Å². The molecular weight excluding hydrogens is 476 g/mol. The summed E-state index contributed by atoms with van der Waals surface area (Å²) in [5, 5.41) is 6.84. The third-order valence-electron chi connectivity index (χ3n) is 6.92. The van der Waals surface area contributed by atoms with Crippen molar-refractivity contribution in [3.8, 4) is 17.3 Å². The Balaban J connectivity index is 1.19. The molecule has 6 rings (SSSR count). The van der Waals surface area contributed by atoms with Gasteiger partial charge in [-0.3, -0.25) is 0 Å². The molecule has 2 aliphatic heterocycles. The van der Waals surface area contributed by atoms with E-state index in [1.54, 1.807) is 0 Å². The number of fused-ring (bicyclic) bond motifs is 1. The first-order valence-electron chi connectivity index (χ1n) is 13.2. The molecule has 0 unspecified atom stereocenters. The van der Waals surface area contributed by atoms with Crippen LogP contribution in [0, 0.1) is 0 Å². The summed E-state index contributed by atoms with van der Waals surface area (Å²) in [6.07, 6.45) is 0.943. The zero-order valence-electron chi connectivity index (χ0n) is 21.6. The van der Waals surface area contributed by atoms with Gasteiger partial charge >= 0.3 is 0 Å². The van der Waals surface area contributed by atoms with Crippen molar-refractivity contribution >= 4 is 17.3 Å². The molecule has 4 heterocycles.